The standard InChI is InChI=1S/C7H9BrO3/c1-3-4-11-6(10)7(2,8)5-9/h1,9H,4-5H2,2H3. The van der Waals surface area contributed by atoms with Crippen molar-refractivity contribution in [2.45, 2.75) is 11.2 Å². The van der Waals surface area contributed by atoms with Crippen molar-refractivity contribution in [3.8, 4) is 12.3 Å². The number of hydrogen-bond donors (Lipinski definition) is 1. The third kappa shape index (κ3) is 3.40. The van der Waals surface area contributed by atoms with Gasteiger partial charge in [-0.15, -0.1) is 6.42 Å². The van der Waals surface area contributed by atoms with Crippen molar-refractivity contribution in [2.75, 3.05) is 13.2 Å². The first kappa shape index (κ1) is 10.5. The molecule has 0 fully saturated rings. The van der Waals surface area contributed by atoms with Crippen molar-refractivity contribution in [2.24, 2.45) is 0 Å². The smallest absolute Gasteiger partial charge is 0.325 e. The van der Waals surface area contributed by atoms with Gasteiger partial charge in [-0.25, -0.2) is 0 Å². The summed E-state index contributed by atoms with van der Waals surface area (Å²) in [5, 5.41) is 8.66. The molecule has 4 heteroatoms. The van der Waals surface area contributed by atoms with Crippen LogP contribution in [0.5, 0.6) is 0 Å². The second kappa shape index (κ2) is 4.37. The van der Waals surface area contributed by atoms with Gasteiger partial charge in [-0.1, -0.05) is 21.9 Å². The number of aliphatic hydroxyl groups is 1. The Hall–Kier alpha value is -0.530. The number of alkyl halides is 1. The molecule has 0 aromatic carbocycles. The van der Waals surface area contributed by atoms with Gasteiger partial charge in [0.25, 0.3) is 0 Å². The summed E-state index contributed by atoms with van der Waals surface area (Å²) in [7, 11) is 0. The highest BCUT2D eigenvalue weighted by Crippen LogP contribution is 2.17. The molecule has 3 nitrogen and oxygen atoms in total. The van der Waals surface area contributed by atoms with E-state index in [2.05, 4.69) is 26.6 Å². The van der Waals surface area contributed by atoms with E-state index in [0.717, 1.165) is 0 Å². The molecule has 0 aliphatic carbocycles. The highest BCUT2D eigenvalue weighted by Gasteiger charge is 2.30. The van der Waals surface area contributed by atoms with Crippen LogP contribution in [-0.4, -0.2) is 28.6 Å². The molecule has 62 valence electrons. The molecule has 0 saturated heterocycles. The van der Waals surface area contributed by atoms with Gasteiger partial charge in [-0.05, 0) is 6.92 Å². The number of ether oxygens (including phenoxy) is 1. The first-order chi connectivity index (χ1) is 5.04. The Kier molecular flexibility index (Phi) is 4.16. The molecular weight excluding hydrogens is 212 g/mol. The lowest BCUT2D eigenvalue weighted by Gasteiger charge is -2.15. The lowest BCUT2D eigenvalue weighted by Crippen LogP contribution is -2.34. The molecule has 0 aromatic heterocycles. The molecule has 0 rings (SSSR count). The molecule has 0 heterocycles. The minimum Gasteiger partial charge on any atom is -0.451 e. The van der Waals surface area contributed by atoms with Crippen LogP contribution < -0.4 is 0 Å². The number of esters is 1. The van der Waals surface area contributed by atoms with Crippen LogP contribution in [0, 0.1) is 12.3 Å². The van der Waals surface area contributed by atoms with Gasteiger partial charge >= 0.3 is 5.97 Å². The molecule has 0 radical (unpaired) electrons. The molecule has 1 unspecified atom stereocenters. The molecule has 0 saturated carbocycles. The molecular formula is C7H9BrO3. The van der Waals surface area contributed by atoms with Crippen LogP contribution >= 0.6 is 15.9 Å². The molecule has 1 atom stereocenters. The van der Waals surface area contributed by atoms with Crippen molar-refractivity contribution in [1.82, 2.24) is 0 Å². The maximum atomic E-state index is 10.9. The van der Waals surface area contributed by atoms with E-state index in [1.54, 1.807) is 0 Å². The quantitative estimate of drug-likeness (QED) is 0.423. The molecule has 1 N–H and O–H groups in total. The van der Waals surface area contributed by atoms with Crippen LogP contribution in [0.3, 0.4) is 0 Å². The Morgan fingerprint density at radius 1 is 1.91 bits per heavy atom. The summed E-state index contributed by atoms with van der Waals surface area (Å²) in [6.45, 7) is 1.11. The third-order valence-electron chi connectivity index (χ3n) is 1.01. The van der Waals surface area contributed by atoms with Crippen LogP contribution in [0.15, 0.2) is 0 Å². The van der Waals surface area contributed by atoms with E-state index in [4.69, 9.17) is 11.5 Å². The zero-order valence-electron chi connectivity index (χ0n) is 6.13. The van der Waals surface area contributed by atoms with E-state index in [1.807, 2.05) is 0 Å². The zero-order valence-corrected chi connectivity index (χ0v) is 7.72. The Morgan fingerprint density at radius 3 is 2.82 bits per heavy atom. The van der Waals surface area contributed by atoms with E-state index >= 15 is 0 Å². The predicted molar refractivity (Wildman–Crippen MR) is 44.2 cm³/mol. The van der Waals surface area contributed by atoms with Gasteiger partial charge in [0.05, 0.1) is 6.61 Å². The second-order valence-electron chi connectivity index (χ2n) is 2.14. The molecule has 11 heavy (non-hydrogen) atoms. The van der Waals surface area contributed by atoms with Crippen molar-refractivity contribution in [1.29, 1.82) is 0 Å². The second-order valence-corrected chi connectivity index (χ2v) is 3.89. The van der Waals surface area contributed by atoms with Gasteiger partial charge in [-0.3, -0.25) is 4.79 Å². The van der Waals surface area contributed by atoms with Crippen LogP contribution in [0.2, 0.25) is 0 Å². The first-order valence-electron chi connectivity index (χ1n) is 2.95. The minimum atomic E-state index is -1.04. The summed E-state index contributed by atoms with van der Waals surface area (Å²) in [5.74, 6) is 1.59. The van der Waals surface area contributed by atoms with E-state index in [9.17, 15) is 4.79 Å². The number of halogens is 1. The van der Waals surface area contributed by atoms with Gasteiger partial charge in [0.1, 0.15) is 4.32 Å². The van der Waals surface area contributed by atoms with E-state index in [-0.39, 0.29) is 13.2 Å². The zero-order chi connectivity index (χ0) is 8.91. The van der Waals surface area contributed by atoms with Crippen LogP contribution in [-0.2, 0) is 9.53 Å². The lowest BCUT2D eigenvalue weighted by molar-refractivity contribution is -0.145. The van der Waals surface area contributed by atoms with Crippen molar-refractivity contribution in [3.63, 3.8) is 0 Å². The van der Waals surface area contributed by atoms with Gasteiger partial charge in [-0.2, -0.15) is 0 Å². The number of rotatable bonds is 3. The fraction of sp³-hybridized carbons (Fsp3) is 0.571. The molecule has 0 aliphatic heterocycles. The Balaban J connectivity index is 3.94. The highest BCUT2D eigenvalue weighted by atomic mass is 79.9. The van der Waals surface area contributed by atoms with Gasteiger partial charge < -0.3 is 9.84 Å². The summed E-state index contributed by atoms with van der Waals surface area (Å²) in [6.07, 6.45) is 4.86. The Labute approximate surface area is 73.9 Å². The highest BCUT2D eigenvalue weighted by molar-refractivity contribution is 9.10. The molecule has 0 spiro atoms. The minimum absolute atomic E-state index is 0.0694. The number of aliphatic hydroxyl groups excluding tert-OH is 1. The normalized spacial score (nSPS) is 14.7. The van der Waals surface area contributed by atoms with Crippen molar-refractivity contribution < 1.29 is 14.6 Å². The first-order valence-corrected chi connectivity index (χ1v) is 3.74. The summed E-state index contributed by atoms with van der Waals surface area (Å²) < 4.78 is 3.53. The number of carbonyl (C=O) groups is 1. The largest absolute Gasteiger partial charge is 0.451 e. The van der Waals surface area contributed by atoms with Crippen molar-refractivity contribution >= 4 is 21.9 Å². The Morgan fingerprint density at radius 2 is 2.45 bits per heavy atom. The van der Waals surface area contributed by atoms with Gasteiger partial charge in [0.15, 0.2) is 6.61 Å². The average molecular weight is 221 g/mol. The summed E-state index contributed by atoms with van der Waals surface area (Å²) in [4.78, 5) is 10.9. The average Bonchev–Trinajstić information content (AvgIpc) is 2.00. The predicted octanol–water partition coefficient (Wildman–Crippen LogP) is 0.309. The maximum absolute atomic E-state index is 10.9. The monoisotopic (exact) mass is 220 g/mol. The molecule has 0 aliphatic rings. The lowest BCUT2D eigenvalue weighted by atomic mass is 10.2. The SMILES string of the molecule is C#CCOC(=O)C(C)(Br)CO. The number of carbonyl (C=O) groups excluding carboxylic acids is 1. The van der Waals surface area contributed by atoms with E-state index in [0.29, 0.717) is 0 Å². The van der Waals surface area contributed by atoms with Crippen LogP contribution in [0.1, 0.15) is 6.92 Å². The molecule has 0 bridgehead atoms. The topological polar surface area (TPSA) is 46.5 Å². The van der Waals surface area contributed by atoms with Crippen LogP contribution in [0.25, 0.3) is 0 Å². The fourth-order valence-corrected chi connectivity index (χ4v) is 0.437. The summed E-state index contributed by atoms with van der Waals surface area (Å²) in [6, 6.07) is 0. The summed E-state index contributed by atoms with van der Waals surface area (Å²) in [5.41, 5.74) is 0. The Bertz CT molecular complexity index is 181. The molecule has 0 amide bonds. The molecule has 0 aromatic rings. The fourth-order valence-electron chi connectivity index (χ4n) is 0.322. The van der Waals surface area contributed by atoms with Gasteiger partial charge in [0, 0.05) is 0 Å². The number of terminal acetylenes is 1. The maximum Gasteiger partial charge on any atom is 0.325 e. The third-order valence-corrected chi connectivity index (χ3v) is 1.58. The van der Waals surface area contributed by atoms with E-state index in [1.165, 1.54) is 6.92 Å². The van der Waals surface area contributed by atoms with E-state index < -0.39 is 10.3 Å². The van der Waals surface area contributed by atoms with Crippen LogP contribution in [0.4, 0.5) is 0 Å². The van der Waals surface area contributed by atoms with Gasteiger partial charge in [0.2, 0.25) is 0 Å². The number of hydrogen-bond acceptors (Lipinski definition) is 3. The van der Waals surface area contributed by atoms with Crippen molar-refractivity contribution in [3.05, 3.63) is 0 Å². The summed E-state index contributed by atoms with van der Waals surface area (Å²) >= 11 is 2.98.